The first-order valence-electron chi connectivity index (χ1n) is 8.57. The van der Waals surface area contributed by atoms with Gasteiger partial charge < -0.3 is 4.90 Å². The molecule has 28 heavy (non-hydrogen) atoms. The molecule has 0 bridgehead atoms. The van der Waals surface area contributed by atoms with Crippen LogP contribution in [0.25, 0.3) is 0 Å². The number of rotatable bonds is 4. The molecule has 144 valence electrons. The molecular formula is C19H18N4O5. The van der Waals surface area contributed by atoms with Gasteiger partial charge in [0.05, 0.1) is 10.8 Å². The maximum Gasteiger partial charge on any atom is 0.269 e. The topological polar surface area (TPSA) is 122 Å². The van der Waals surface area contributed by atoms with Gasteiger partial charge in [-0.1, -0.05) is 17.7 Å². The largest absolute Gasteiger partial charge is 0.312 e. The van der Waals surface area contributed by atoms with Gasteiger partial charge >= 0.3 is 0 Å². The standard InChI is InChI=1S/C19H18N4O5/c1-12-2-6-15(7-3-12)22-11-14(10-17(22)24)19(26)21-20-18(25)13-4-8-16(9-5-13)23(27)28/h2-9,14H,10-11H2,1H3,(H,20,25)(H,21,26)/t14-/m0/s1. The Labute approximate surface area is 160 Å². The van der Waals surface area contributed by atoms with Crippen LogP contribution < -0.4 is 15.8 Å². The fourth-order valence-electron chi connectivity index (χ4n) is 2.88. The molecule has 2 aromatic rings. The van der Waals surface area contributed by atoms with Crippen molar-refractivity contribution >= 4 is 29.1 Å². The van der Waals surface area contributed by atoms with Crippen molar-refractivity contribution in [3.8, 4) is 0 Å². The summed E-state index contributed by atoms with van der Waals surface area (Å²) >= 11 is 0. The summed E-state index contributed by atoms with van der Waals surface area (Å²) in [5.41, 5.74) is 6.39. The molecule has 9 heteroatoms. The minimum atomic E-state index is -0.608. The SMILES string of the molecule is Cc1ccc(N2C[C@@H](C(=O)NNC(=O)c3ccc([N+](=O)[O-])cc3)CC2=O)cc1. The molecule has 0 aliphatic carbocycles. The first kappa shape index (κ1) is 19.0. The van der Waals surface area contributed by atoms with E-state index in [1.165, 1.54) is 24.3 Å². The lowest BCUT2D eigenvalue weighted by atomic mass is 10.1. The third-order valence-electron chi connectivity index (χ3n) is 4.48. The van der Waals surface area contributed by atoms with Gasteiger partial charge in [-0.3, -0.25) is 35.3 Å². The van der Waals surface area contributed by atoms with Gasteiger partial charge in [0.25, 0.3) is 11.6 Å². The second-order valence-corrected chi connectivity index (χ2v) is 6.49. The Balaban J connectivity index is 1.56. The molecule has 3 amide bonds. The Bertz CT molecular complexity index is 924. The van der Waals surface area contributed by atoms with E-state index in [1.54, 1.807) is 4.90 Å². The fraction of sp³-hybridized carbons (Fsp3) is 0.211. The van der Waals surface area contributed by atoms with E-state index in [2.05, 4.69) is 10.9 Å². The number of nitro benzene ring substituents is 1. The molecule has 9 nitrogen and oxygen atoms in total. The quantitative estimate of drug-likeness (QED) is 0.616. The number of nitrogens with zero attached hydrogens (tertiary/aromatic N) is 2. The smallest absolute Gasteiger partial charge is 0.269 e. The van der Waals surface area contributed by atoms with E-state index in [0.717, 1.165) is 11.3 Å². The summed E-state index contributed by atoms with van der Waals surface area (Å²) in [5.74, 6) is -1.84. The van der Waals surface area contributed by atoms with Crippen molar-refractivity contribution in [3.63, 3.8) is 0 Å². The molecule has 0 radical (unpaired) electrons. The van der Waals surface area contributed by atoms with E-state index < -0.39 is 22.7 Å². The van der Waals surface area contributed by atoms with Gasteiger partial charge in [-0.25, -0.2) is 0 Å². The zero-order chi connectivity index (χ0) is 20.3. The number of nitrogens with one attached hydrogen (secondary N) is 2. The van der Waals surface area contributed by atoms with Crippen molar-refractivity contribution in [2.75, 3.05) is 11.4 Å². The van der Waals surface area contributed by atoms with E-state index in [0.29, 0.717) is 0 Å². The molecule has 1 saturated heterocycles. The maximum atomic E-state index is 12.3. The van der Waals surface area contributed by atoms with Crippen LogP contribution in [0.15, 0.2) is 48.5 Å². The van der Waals surface area contributed by atoms with Crippen LogP contribution in [-0.4, -0.2) is 29.2 Å². The van der Waals surface area contributed by atoms with Crippen LogP contribution in [0, 0.1) is 23.0 Å². The molecule has 0 aromatic heterocycles. The van der Waals surface area contributed by atoms with Crippen molar-refractivity contribution in [2.24, 2.45) is 5.92 Å². The Kier molecular flexibility index (Phi) is 5.35. The normalized spacial score (nSPS) is 16.0. The number of hydrazine groups is 1. The van der Waals surface area contributed by atoms with Crippen molar-refractivity contribution in [1.82, 2.24) is 10.9 Å². The molecule has 2 N–H and O–H groups in total. The van der Waals surface area contributed by atoms with Crippen molar-refractivity contribution in [2.45, 2.75) is 13.3 Å². The van der Waals surface area contributed by atoms with Gasteiger partial charge in [-0.15, -0.1) is 0 Å². The predicted molar refractivity (Wildman–Crippen MR) is 100 cm³/mol. The first-order chi connectivity index (χ1) is 13.3. The number of aryl methyl sites for hydroxylation is 1. The highest BCUT2D eigenvalue weighted by Gasteiger charge is 2.35. The number of anilines is 1. The Morgan fingerprint density at radius 2 is 1.71 bits per heavy atom. The number of carbonyl (C=O) groups is 3. The third-order valence-corrected chi connectivity index (χ3v) is 4.48. The molecule has 1 heterocycles. The third kappa shape index (κ3) is 4.14. The van der Waals surface area contributed by atoms with Crippen molar-refractivity contribution < 1.29 is 19.3 Å². The zero-order valence-electron chi connectivity index (χ0n) is 15.0. The number of nitro groups is 1. The second-order valence-electron chi connectivity index (χ2n) is 6.49. The highest BCUT2D eigenvalue weighted by Crippen LogP contribution is 2.25. The van der Waals surface area contributed by atoms with Crippen molar-refractivity contribution in [3.05, 3.63) is 69.8 Å². The van der Waals surface area contributed by atoms with Gasteiger partial charge in [-0.05, 0) is 31.2 Å². The predicted octanol–water partition coefficient (Wildman–Crippen LogP) is 1.72. The minimum absolute atomic E-state index is 0.0487. The van der Waals surface area contributed by atoms with Crippen LogP contribution in [0.1, 0.15) is 22.3 Å². The van der Waals surface area contributed by atoms with Gasteiger partial charge in [0, 0.05) is 36.3 Å². The van der Waals surface area contributed by atoms with Gasteiger partial charge in [0.2, 0.25) is 11.8 Å². The molecule has 2 aromatic carbocycles. The minimum Gasteiger partial charge on any atom is -0.312 e. The van der Waals surface area contributed by atoms with E-state index in [1.807, 2.05) is 31.2 Å². The van der Waals surface area contributed by atoms with Crippen LogP contribution in [0.2, 0.25) is 0 Å². The summed E-state index contributed by atoms with van der Waals surface area (Å²) < 4.78 is 0. The lowest BCUT2D eigenvalue weighted by molar-refractivity contribution is -0.384. The molecule has 1 atom stereocenters. The molecule has 1 aliphatic rings. The molecule has 3 rings (SSSR count). The van der Waals surface area contributed by atoms with E-state index in [4.69, 9.17) is 0 Å². The number of hydrogen-bond donors (Lipinski definition) is 2. The number of amides is 3. The van der Waals surface area contributed by atoms with Crippen LogP contribution in [0.3, 0.4) is 0 Å². The number of benzene rings is 2. The van der Waals surface area contributed by atoms with E-state index in [-0.39, 0.29) is 30.1 Å². The molecular weight excluding hydrogens is 364 g/mol. The molecule has 1 fully saturated rings. The molecule has 1 aliphatic heterocycles. The Hall–Kier alpha value is -3.75. The average Bonchev–Trinajstić information content (AvgIpc) is 3.08. The van der Waals surface area contributed by atoms with Crippen LogP contribution >= 0.6 is 0 Å². The lowest BCUT2D eigenvalue weighted by Gasteiger charge is -2.17. The average molecular weight is 382 g/mol. The molecule has 0 unspecified atom stereocenters. The number of carbonyl (C=O) groups excluding carboxylic acids is 3. The zero-order valence-corrected chi connectivity index (χ0v) is 15.0. The Morgan fingerprint density at radius 1 is 1.07 bits per heavy atom. The summed E-state index contributed by atoms with van der Waals surface area (Å²) in [6.07, 6.45) is 0.0487. The first-order valence-corrected chi connectivity index (χ1v) is 8.57. The maximum absolute atomic E-state index is 12.3. The van der Waals surface area contributed by atoms with Crippen LogP contribution in [0.4, 0.5) is 11.4 Å². The van der Waals surface area contributed by atoms with Crippen LogP contribution in [0.5, 0.6) is 0 Å². The van der Waals surface area contributed by atoms with Gasteiger partial charge in [-0.2, -0.15) is 0 Å². The summed E-state index contributed by atoms with van der Waals surface area (Å²) in [7, 11) is 0. The van der Waals surface area contributed by atoms with E-state index >= 15 is 0 Å². The van der Waals surface area contributed by atoms with Gasteiger partial charge in [0.1, 0.15) is 0 Å². The fourth-order valence-corrected chi connectivity index (χ4v) is 2.88. The highest BCUT2D eigenvalue weighted by molar-refractivity contribution is 6.01. The van der Waals surface area contributed by atoms with Gasteiger partial charge in [0.15, 0.2) is 0 Å². The molecule has 0 spiro atoms. The second kappa shape index (κ2) is 7.87. The number of hydrogen-bond acceptors (Lipinski definition) is 5. The summed E-state index contributed by atoms with van der Waals surface area (Å²) in [6, 6.07) is 12.4. The monoisotopic (exact) mass is 382 g/mol. The summed E-state index contributed by atoms with van der Waals surface area (Å²) in [6.45, 7) is 2.17. The number of non-ortho nitro benzene ring substituents is 1. The van der Waals surface area contributed by atoms with Crippen LogP contribution in [-0.2, 0) is 9.59 Å². The highest BCUT2D eigenvalue weighted by atomic mass is 16.6. The lowest BCUT2D eigenvalue weighted by Crippen LogP contribution is -2.45. The summed E-state index contributed by atoms with van der Waals surface area (Å²) in [5, 5.41) is 10.6. The summed E-state index contributed by atoms with van der Waals surface area (Å²) in [4.78, 5) is 48.2. The van der Waals surface area contributed by atoms with E-state index in [9.17, 15) is 24.5 Å². The van der Waals surface area contributed by atoms with Crippen molar-refractivity contribution in [1.29, 1.82) is 0 Å². The Morgan fingerprint density at radius 3 is 2.32 bits per heavy atom. The molecule has 0 saturated carbocycles.